The van der Waals surface area contributed by atoms with E-state index in [2.05, 4.69) is 6.92 Å². The summed E-state index contributed by atoms with van der Waals surface area (Å²) in [6, 6.07) is -0.244. The molecule has 3 nitrogen and oxygen atoms in total. The zero-order valence-corrected chi connectivity index (χ0v) is 11.6. The molecule has 3 heteroatoms. The number of hydrogen-bond donors (Lipinski definition) is 1. The highest BCUT2D eigenvalue weighted by atomic mass is 16.5. The van der Waals surface area contributed by atoms with Crippen LogP contribution in [0.1, 0.15) is 64.7 Å². The van der Waals surface area contributed by atoms with Crippen molar-refractivity contribution in [3.8, 4) is 0 Å². The molecule has 2 rings (SSSR count). The van der Waals surface area contributed by atoms with Crippen LogP contribution in [0.4, 0.5) is 0 Å². The second-order valence-corrected chi connectivity index (χ2v) is 6.08. The number of unbranched alkanes of at least 4 members (excludes halogenated alkanes) is 1. The standard InChI is InChI=1S/C15H27NO2/c1-2-3-6-13(16)14(17)12-7-10-18-15(11-12)8-4-5-9-15/h12-13H,2-11,16H2,1H3. The Morgan fingerprint density at radius 1 is 1.44 bits per heavy atom. The molecule has 1 aliphatic carbocycles. The van der Waals surface area contributed by atoms with Crippen molar-refractivity contribution < 1.29 is 9.53 Å². The number of Topliss-reactive ketones (excluding diaryl/α,β-unsaturated/α-hetero) is 1. The number of nitrogens with two attached hydrogens (primary N) is 1. The molecular formula is C15H27NO2. The number of rotatable bonds is 5. The van der Waals surface area contributed by atoms with Crippen LogP contribution in [-0.4, -0.2) is 24.0 Å². The maximum atomic E-state index is 12.4. The van der Waals surface area contributed by atoms with Crippen LogP contribution >= 0.6 is 0 Å². The highest BCUT2D eigenvalue weighted by Crippen LogP contribution is 2.42. The number of carbonyl (C=O) groups is 1. The Kier molecular flexibility index (Phi) is 4.79. The average molecular weight is 253 g/mol. The monoisotopic (exact) mass is 253 g/mol. The molecular weight excluding hydrogens is 226 g/mol. The molecule has 1 saturated carbocycles. The first kappa shape index (κ1) is 14.0. The highest BCUT2D eigenvalue weighted by molar-refractivity contribution is 5.86. The maximum Gasteiger partial charge on any atom is 0.152 e. The second-order valence-electron chi connectivity index (χ2n) is 6.08. The van der Waals surface area contributed by atoms with Crippen LogP contribution in [0.25, 0.3) is 0 Å². The zero-order chi connectivity index (χ0) is 13.0. The normalized spacial score (nSPS) is 28.4. The second kappa shape index (κ2) is 6.16. The summed E-state index contributed by atoms with van der Waals surface area (Å²) in [5, 5.41) is 0. The summed E-state index contributed by atoms with van der Waals surface area (Å²) in [5.74, 6) is 0.446. The Balaban J connectivity index is 1.89. The van der Waals surface area contributed by atoms with E-state index in [1.54, 1.807) is 0 Å². The fourth-order valence-corrected chi connectivity index (χ4v) is 3.51. The smallest absolute Gasteiger partial charge is 0.152 e. The number of hydrogen-bond acceptors (Lipinski definition) is 3. The summed E-state index contributed by atoms with van der Waals surface area (Å²) >= 11 is 0. The highest BCUT2D eigenvalue weighted by Gasteiger charge is 2.42. The van der Waals surface area contributed by atoms with Gasteiger partial charge >= 0.3 is 0 Å². The van der Waals surface area contributed by atoms with Crippen molar-refractivity contribution in [2.45, 2.75) is 76.4 Å². The molecule has 1 heterocycles. The van der Waals surface area contributed by atoms with Crippen molar-refractivity contribution in [2.24, 2.45) is 11.7 Å². The van der Waals surface area contributed by atoms with Gasteiger partial charge in [-0.2, -0.15) is 0 Å². The number of carbonyl (C=O) groups excluding carboxylic acids is 1. The Morgan fingerprint density at radius 2 is 2.17 bits per heavy atom. The third kappa shape index (κ3) is 3.12. The summed E-state index contributed by atoms with van der Waals surface area (Å²) in [5.41, 5.74) is 6.06. The Labute approximate surface area is 110 Å². The molecule has 1 aliphatic heterocycles. The molecule has 0 aromatic carbocycles. The molecule has 1 spiro atoms. The van der Waals surface area contributed by atoms with Crippen LogP contribution in [0.2, 0.25) is 0 Å². The maximum absolute atomic E-state index is 12.4. The van der Waals surface area contributed by atoms with Gasteiger partial charge in [0, 0.05) is 12.5 Å². The first-order chi connectivity index (χ1) is 8.67. The molecule has 0 aromatic rings. The Morgan fingerprint density at radius 3 is 2.83 bits per heavy atom. The van der Waals surface area contributed by atoms with E-state index in [1.807, 2.05) is 0 Å². The minimum Gasteiger partial charge on any atom is -0.375 e. The minimum absolute atomic E-state index is 0.0308. The summed E-state index contributed by atoms with van der Waals surface area (Å²) in [7, 11) is 0. The van der Waals surface area contributed by atoms with Crippen molar-refractivity contribution in [2.75, 3.05) is 6.61 Å². The molecule has 0 amide bonds. The van der Waals surface area contributed by atoms with Crippen molar-refractivity contribution in [1.82, 2.24) is 0 Å². The lowest BCUT2D eigenvalue weighted by molar-refractivity contribution is -0.137. The number of ketones is 1. The van der Waals surface area contributed by atoms with Crippen molar-refractivity contribution >= 4 is 5.78 Å². The van der Waals surface area contributed by atoms with Gasteiger partial charge in [0.25, 0.3) is 0 Å². The fraction of sp³-hybridized carbons (Fsp3) is 0.933. The van der Waals surface area contributed by atoms with E-state index in [-0.39, 0.29) is 23.3 Å². The lowest BCUT2D eigenvalue weighted by Gasteiger charge is -2.38. The van der Waals surface area contributed by atoms with Crippen molar-refractivity contribution in [3.63, 3.8) is 0 Å². The van der Waals surface area contributed by atoms with Gasteiger partial charge in [0.1, 0.15) is 0 Å². The number of ether oxygens (including phenoxy) is 1. The van der Waals surface area contributed by atoms with Gasteiger partial charge in [0.05, 0.1) is 11.6 Å². The van der Waals surface area contributed by atoms with Crippen molar-refractivity contribution in [1.29, 1.82) is 0 Å². The first-order valence-corrected chi connectivity index (χ1v) is 7.60. The minimum atomic E-state index is -0.244. The van der Waals surface area contributed by atoms with Crippen molar-refractivity contribution in [3.05, 3.63) is 0 Å². The lowest BCUT2D eigenvalue weighted by atomic mass is 9.80. The molecule has 104 valence electrons. The third-order valence-electron chi connectivity index (χ3n) is 4.64. The fourth-order valence-electron chi connectivity index (χ4n) is 3.51. The average Bonchev–Trinajstić information content (AvgIpc) is 2.83. The van der Waals surface area contributed by atoms with Gasteiger partial charge in [-0.3, -0.25) is 4.79 Å². The molecule has 18 heavy (non-hydrogen) atoms. The van der Waals surface area contributed by atoms with Crippen LogP contribution in [0.3, 0.4) is 0 Å². The Hall–Kier alpha value is -0.410. The van der Waals surface area contributed by atoms with Crippen LogP contribution < -0.4 is 5.73 Å². The SMILES string of the molecule is CCCCC(N)C(=O)C1CCOC2(CCCC2)C1. The lowest BCUT2D eigenvalue weighted by Crippen LogP contribution is -2.44. The van der Waals surface area contributed by atoms with E-state index < -0.39 is 0 Å². The molecule has 2 unspecified atom stereocenters. The summed E-state index contributed by atoms with van der Waals surface area (Å²) < 4.78 is 5.97. The van der Waals surface area contributed by atoms with Crippen LogP contribution in [0.5, 0.6) is 0 Å². The van der Waals surface area contributed by atoms with E-state index in [9.17, 15) is 4.79 Å². The van der Waals surface area contributed by atoms with Gasteiger partial charge in [0.15, 0.2) is 5.78 Å². The van der Waals surface area contributed by atoms with Gasteiger partial charge in [-0.15, -0.1) is 0 Å². The molecule has 2 aliphatic rings. The van der Waals surface area contributed by atoms with Crippen LogP contribution in [0.15, 0.2) is 0 Å². The van der Waals surface area contributed by atoms with E-state index in [0.29, 0.717) is 0 Å². The molecule has 2 N–H and O–H groups in total. The van der Waals surface area contributed by atoms with Crippen LogP contribution in [0, 0.1) is 5.92 Å². The predicted octanol–water partition coefficient (Wildman–Crippen LogP) is 2.81. The quantitative estimate of drug-likeness (QED) is 0.819. The van der Waals surface area contributed by atoms with E-state index in [1.165, 1.54) is 12.8 Å². The molecule has 0 aromatic heterocycles. The first-order valence-electron chi connectivity index (χ1n) is 7.60. The topological polar surface area (TPSA) is 52.3 Å². The molecule has 0 bridgehead atoms. The molecule has 0 radical (unpaired) electrons. The summed E-state index contributed by atoms with van der Waals surface area (Å²) in [4.78, 5) is 12.4. The van der Waals surface area contributed by atoms with Crippen LogP contribution in [-0.2, 0) is 9.53 Å². The van der Waals surface area contributed by atoms with E-state index in [0.717, 1.165) is 51.6 Å². The molecule has 1 saturated heterocycles. The Bertz CT molecular complexity index is 284. The largest absolute Gasteiger partial charge is 0.375 e. The van der Waals surface area contributed by atoms with E-state index in [4.69, 9.17) is 10.5 Å². The predicted molar refractivity (Wildman–Crippen MR) is 72.4 cm³/mol. The molecule has 2 fully saturated rings. The summed E-state index contributed by atoms with van der Waals surface area (Å²) in [6.07, 6.45) is 9.60. The van der Waals surface area contributed by atoms with Gasteiger partial charge in [-0.25, -0.2) is 0 Å². The van der Waals surface area contributed by atoms with Gasteiger partial charge in [0.2, 0.25) is 0 Å². The van der Waals surface area contributed by atoms with Gasteiger partial charge < -0.3 is 10.5 Å². The zero-order valence-electron chi connectivity index (χ0n) is 11.6. The van der Waals surface area contributed by atoms with E-state index >= 15 is 0 Å². The summed E-state index contributed by atoms with van der Waals surface area (Å²) in [6.45, 7) is 2.88. The molecule has 2 atom stereocenters. The van der Waals surface area contributed by atoms with Gasteiger partial charge in [-0.1, -0.05) is 32.6 Å². The third-order valence-corrected chi connectivity index (χ3v) is 4.64. The van der Waals surface area contributed by atoms with Gasteiger partial charge in [-0.05, 0) is 32.1 Å².